The largest absolute Gasteiger partial charge is 0.494 e. The SMILES string of the molecule is CCOc1ccc(Nc2nc(Nc3ccc(OCC(C)C)cc3)ncc2C(F)(F)F)cc1. The summed E-state index contributed by atoms with van der Waals surface area (Å²) in [7, 11) is 0. The van der Waals surface area contributed by atoms with E-state index >= 15 is 0 Å². The Bertz CT molecular complexity index is 1010. The minimum atomic E-state index is -4.61. The molecule has 2 N–H and O–H groups in total. The van der Waals surface area contributed by atoms with E-state index in [9.17, 15) is 13.2 Å². The number of halogens is 3. The molecule has 2 aromatic carbocycles. The maximum atomic E-state index is 13.5. The first-order valence-corrected chi connectivity index (χ1v) is 10.2. The molecule has 0 spiro atoms. The van der Waals surface area contributed by atoms with Crippen LogP contribution in [0.2, 0.25) is 0 Å². The van der Waals surface area contributed by atoms with Crippen LogP contribution in [-0.2, 0) is 6.18 Å². The summed E-state index contributed by atoms with van der Waals surface area (Å²) in [5.41, 5.74) is 0.0956. The second-order valence-electron chi connectivity index (χ2n) is 7.39. The normalized spacial score (nSPS) is 11.3. The van der Waals surface area contributed by atoms with Crippen LogP contribution in [0.15, 0.2) is 54.7 Å². The quantitative estimate of drug-likeness (QED) is 0.396. The van der Waals surface area contributed by atoms with E-state index in [1.807, 2.05) is 6.92 Å². The van der Waals surface area contributed by atoms with E-state index in [1.165, 1.54) is 0 Å². The van der Waals surface area contributed by atoms with Crippen LogP contribution in [0.25, 0.3) is 0 Å². The first-order chi connectivity index (χ1) is 15.2. The standard InChI is InChI=1S/C23H25F3N4O2/c1-4-31-18-9-5-16(6-10-18)28-21-20(23(24,25)26)13-27-22(30-21)29-17-7-11-19(12-8-17)32-14-15(2)3/h5-13,15H,4,14H2,1-3H3,(H2,27,28,29,30). The fraction of sp³-hybridized carbons (Fsp3) is 0.304. The number of nitrogens with one attached hydrogen (secondary N) is 2. The van der Waals surface area contributed by atoms with Gasteiger partial charge in [-0.2, -0.15) is 18.2 Å². The van der Waals surface area contributed by atoms with Crippen molar-refractivity contribution in [1.29, 1.82) is 0 Å². The maximum Gasteiger partial charge on any atom is 0.421 e. The van der Waals surface area contributed by atoms with Gasteiger partial charge in [-0.1, -0.05) is 13.8 Å². The fourth-order valence-corrected chi connectivity index (χ4v) is 2.71. The third-order valence-corrected chi connectivity index (χ3v) is 4.22. The zero-order chi connectivity index (χ0) is 23.1. The van der Waals surface area contributed by atoms with Crippen molar-refractivity contribution in [3.63, 3.8) is 0 Å². The average Bonchev–Trinajstić information content (AvgIpc) is 2.74. The fourth-order valence-electron chi connectivity index (χ4n) is 2.71. The van der Waals surface area contributed by atoms with Gasteiger partial charge in [0.05, 0.1) is 13.2 Å². The Morgan fingerprint density at radius 2 is 1.44 bits per heavy atom. The Labute approximate surface area is 184 Å². The van der Waals surface area contributed by atoms with Gasteiger partial charge in [-0.25, -0.2) is 4.98 Å². The van der Waals surface area contributed by atoms with Gasteiger partial charge in [0, 0.05) is 17.6 Å². The van der Waals surface area contributed by atoms with E-state index in [0.29, 0.717) is 42.0 Å². The van der Waals surface area contributed by atoms with Crippen molar-refractivity contribution in [3.05, 3.63) is 60.3 Å². The number of rotatable bonds is 9. The minimum Gasteiger partial charge on any atom is -0.494 e. The van der Waals surface area contributed by atoms with Crippen LogP contribution in [0.3, 0.4) is 0 Å². The van der Waals surface area contributed by atoms with E-state index in [2.05, 4.69) is 34.4 Å². The van der Waals surface area contributed by atoms with Gasteiger partial charge in [-0.3, -0.25) is 0 Å². The molecule has 0 radical (unpaired) electrons. The van der Waals surface area contributed by atoms with E-state index in [1.54, 1.807) is 48.5 Å². The summed E-state index contributed by atoms with van der Waals surface area (Å²) >= 11 is 0. The molecule has 3 rings (SSSR count). The lowest BCUT2D eigenvalue weighted by Gasteiger charge is -2.15. The smallest absolute Gasteiger partial charge is 0.421 e. The Kier molecular flexibility index (Phi) is 7.40. The second-order valence-corrected chi connectivity index (χ2v) is 7.39. The number of ether oxygens (including phenoxy) is 2. The van der Waals surface area contributed by atoms with E-state index < -0.39 is 11.7 Å². The van der Waals surface area contributed by atoms with Gasteiger partial charge in [0.1, 0.15) is 22.9 Å². The number of nitrogens with zero attached hydrogens (tertiary/aromatic N) is 2. The molecule has 0 bridgehead atoms. The zero-order valence-corrected chi connectivity index (χ0v) is 18.0. The van der Waals surface area contributed by atoms with Crippen LogP contribution in [0.1, 0.15) is 26.3 Å². The van der Waals surface area contributed by atoms with Crippen LogP contribution in [-0.4, -0.2) is 23.2 Å². The predicted octanol–water partition coefficient (Wildman–Crippen LogP) is 6.42. The maximum absolute atomic E-state index is 13.5. The summed E-state index contributed by atoms with van der Waals surface area (Å²) in [5.74, 6) is 1.41. The molecule has 9 heteroatoms. The predicted molar refractivity (Wildman–Crippen MR) is 118 cm³/mol. The van der Waals surface area contributed by atoms with Gasteiger partial charge in [-0.15, -0.1) is 0 Å². The average molecular weight is 446 g/mol. The van der Waals surface area contributed by atoms with Gasteiger partial charge in [0.2, 0.25) is 5.95 Å². The van der Waals surface area contributed by atoms with Crippen LogP contribution in [0.5, 0.6) is 11.5 Å². The monoisotopic (exact) mass is 446 g/mol. The summed E-state index contributed by atoms with van der Waals surface area (Å²) in [6.45, 7) is 7.04. The van der Waals surface area contributed by atoms with Crippen LogP contribution < -0.4 is 20.1 Å². The van der Waals surface area contributed by atoms with Crippen molar-refractivity contribution in [3.8, 4) is 11.5 Å². The number of benzene rings is 2. The molecular formula is C23H25F3N4O2. The van der Waals surface area contributed by atoms with Crippen molar-refractivity contribution in [2.75, 3.05) is 23.8 Å². The number of alkyl halides is 3. The highest BCUT2D eigenvalue weighted by Gasteiger charge is 2.35. The molecule has 32 heavy (non-hydrogen) atoms. The van der Waals surface area contributed by atoms with E-state index in [-0.39, 0.29) is 11.8 Å². The topological polar surface area (TPSA) is 68.3 Å². The van der Waals surface area contributed by atoms with E-state index in [0.717, 1.165) is 6.20 Å². The molecule has 0 aliphatic rings. The van der Waals surface area contributed by atoms with Crippen molar-refractivity contribution in [2.45, 2.75) is 26.9 Å². The summed E-state index contributed by atoms with van der Waals surface area (Å²) in [5, 5.41) is 5.65. The molecule has 1 aromatic heterocycles. The minimum absolute atomic E-state index is 0.0299. The number of aromatic nitrogens is 2. The molecule has 0 atom stereocenters. The lowest BCUT2D eigenvalue weighted by atomic mass is 10.2. The molecule has 6 nitrogen and oxygen atoms in total. The highest BCUT2D eigenvalue weighted by molar-refractivity contribution is 5.63. The summed E-state index contributed by atoms with van der Waals surface area (Å²) in [4.78, 5) is 7.88. The molecule has 0 aliphatic carbocycles. The van der Waals surface area contributed by atoms with Gasteiger partial charge >= 0.3 is 6.18 Å². The molecule has 0 saturated heterocycles. The summed E-state index contributed by atoms with van der Waals surface area (Å²) in [6, 6.07) is 13.6. The molecule has 0 aliphatic heterocycles. The second kappa shape index (κ2) is 10.2. The van der Waals surface area contributed by atoms with Crippen molar-refractivity contribution in [1.82, 2.24) is 9.97 Å². The van der Waals surface area contributed by atoms with E-state index in [4.69, 9.17) is 9.47 Å². The molecule has 1 heterocycles. The van der Waals surface area contributed by atoms with Gasteiger partial charge < -0.3 is 20.1 Å². The highest BCUT2D eigenvalue weighted by Crippen LogP contribution is 2.35. The third kappa shape index (κ3) is 6.50. The van der Waals surface area contributed by atoms with Crippen molar-refractivity contribution < 1.29 is 22.6 Å². The zero-order valence-electron chi connectivity index (χ0n) is 18.0. The molecule has 3 aromatic rings. The Balaban J connectivity index is 1.79. The van der Waals surface area contributed by atoms with Gasteiger partial charge in [-0.05, 0) is 61.4 Å². The van der Waals surface area contributed by atoms with Crippen LogP contribution in [0.4, 0.5) is 36.3 Å². The molecule has 0 saturated carbocycles. The molecule has 0 fully saturated rings. The summed E-state index contributed by atoms with van der Waals surface area (Å²) < 4.78 is 51.4. The Morgan fingerprint density at radius 3 is 1.97 bits per heavy atom. The Hall–Kier alpha value is -3.49. The number of anilines is 4. The molecule has 0 unspecified atom stereocenters. The van der Waals surface area contributed by atoms with Gasteiger partial charge in [0.25, 0.3) is 0 Å². The summed E-state index contributed by atoms with van der Waals surface area (Å²) in [6.07, 6.45) is -3.85. The number of hydrogen-bond donors (Lipinski definition) is 2. The van der Waals surface area contributed by atoms with Crippen molar-refractivity contribution >= 4 is 23.1 Å². The van der Waals surface area contributed by atoms with Crippen LogP contribution >= 0.6 is 0 Å². The lowest BCUT2D eigenvalue weighted by molar-refractivity contribution is -0.137. The first-order valence-electron chi connectivity index (χ1n) is 10.2. The highest BCUT2D eigenvalue weighted by atomic mass is 19.4. The first kappa shape index (κ1) is 23.2. The molecular weight excluding hydrogens is 421 g/mol. The molecule has 0 amide bonds. The molecule has 170 valence electrons. The van der Waals surface area contributed by atoms with Crippen LogP contribution in [0, 0.1) is 5.92 Å². The Morgan fingerprint density at radius 1 is 0.875 bits per heavy atom. The third-order valence-electron chi connectivity index (χ3n) is 4.22. The number of hydrogen-bond acceptors (Lipinski definition) is 6. The lowest BCUT2D eigenvalue weighted by Crippen LogP contribution is -2.12. The van der Waals surface area contributed by atoms with Crippen molar-refractivity contribution in [2.24, 2.45) is 5.92 Å². The van der Waals surface area contributed by atoms with Gasteiger partial charge in [0.15, 0.2) is 0 Å².